The molecule has 1 heterocycles. The van der Waals surface area contributed by atoms with Gasteiger partial charge in [0, 0.05) is 11.8 Å². The summed E-state index contributed by atoms with van der Waals surface area (Å²) >= 11 is 6.53. The van der Waals surface area contributed by atoms with Crippen molar-refractivity contribution >= 4 is 17.6 Å². The van der Waals surface area contributed by atoms with Crippen LogP contribution >= 0.6 is 11.6 Å². The Kier molecular flexibility index (Phi) is 9.09. The van der Waals surface area contributed by atoms with E-state index in [-0.39, 0.29) is 5.92 Å². The summed E-state index contributed by atoms with van der Waals surface area (Å²) in [6, 6.07) is 7.31. The number of hydrogen-bond acceptors (Lipinski definition) is 3. The van der Waals surface area contributed by atoms with Crippen molar-refractivity contribution in [3.8, 4) is 11.3 Å². The molecule has 2 rings (SSSR count). The molecule has 2 unspecified atom stereocenters. The molecular formula is C24H33ClN2O2. The van der Waals surface area contributed by atoms with E-state index >= 15 is 0 Å². The van der Waals surface area contributed by atoms with E-state index in [0.29, 0.717) is 12.0 Å². The van der Waals surface area contributed by atoms with Crippen LogP contribution in [0.2, 0.25) is 0 Å². The third-order valence-electron chi connectivity index (χ3n) is 5.70. The maximum absolute atomic E-state index is 11.8. The van der Waals surface area contributed by atoms with E-state index in [1.54, 1.807) is 18.3 Å². The fourth-order valence-electron chi connectivity index (χ4n) is 3.50. The summed E-state index contributed by atoms with van der Waals surface area (Å²) in [6.45, 7) is 6.04. The molecule has 0 aliphatic heterocycles. The number of alkyl halides is 1. The number of halogens is 1. The fraction of sp³-hybridized carbons (Fsp3) is 0.542. The molecule has 0 fully saturated rings. The molecule has 5 heteroatoms. The molecule has 158 valence electrons. The minimum atomic E-state index is -1.42. The van der Waals surface area contributed by atoms with Crippen LogP contribution in [0.4, 0.5) is 0 Å². The molecule has 4 nitrogen and oxygen atoms in total. The standard InChI is InChI=1S/C24H33ClN2O2/c1-4-6-7-8-9-10-11-21-16-27-22(17-26-21)19-12-14-20(15-13-19)24(25,23(28)29)18(3)5-2/h12-18H,4-11H2,1-3H3,(H,28,29). The normalized spacial score (nSPS) is 14.3. The molecule has 0 radical (unpaired) electrons. The molecule has 0 saturated carbocycles. The lowest BCUT2D eigenvalue weighted by atomic mass is 9.84. The van der Waals surface area contributed by atoms with Crippen molar-refractivity contribution in [2.24, 2.45) is 5.92 Å². The zero-order valence-electron chi connectivity index (χ0n) is 17.8. The van der Waals surface area contributed by atoms with Crippen LogP contribution in [-0.4, -0.2) is 21.0 Å². The molecule has 1 aromatic heterocycles. The Morgan fingerprint density at radius 3 is 2.24 bits per heavy atom. The number of carboxylic acids is 1. The lowest BCUT2D eigenvalue weighted by Gasteiger charge is -2.29. The van der Waals surface area contributed by atoms with Gasteiger partial charge in [0.2, 0.25) is 0 Å². The van der Waals surface area contributed by atoms with Gasteiger partial charge in [0.05, 0.1) is 17.6 Å². The van der Waals surface area contributed by atoms with E-state index in [1.165, 1.54) is 32.1 Å². The minimum absolute atomic E-state index is 0.187. The number of unbranched alkanes of at least 4 members (excludes halogenated alkanes) is 5. The maximum atomic E-state index is 11.8. The predicted molar refractivity (Wildman–Crippen MR) is 119 cm³/mol. The molecule has 2 atom stereocenters. The quantitative estimate of drug-likeness (QED) is 0.312. The summed E-state index contributed by atoms with van der Waals surface area (Å²) in [5, 5.41) is 9.68. The summed E-state index contributed by atoms with van der Waals surface area (Å²) in [7, 11) is 0. The first-order valence-corrected chi connectivity index (χ1v) is 11.1. The first-order chi connectivity index (χ1) is 13.9. The van der Waals surface area contributed by atoms with Crippen molar-refractivity contribution in [3.63, 3.8) is 0 Å². The second-order valence-electron chi connectivity index (χ2n) is 7.81. The van der Waals surface area contributed by atoms with E-state index in [4.69, 9.17) is 11.6 Å². The van der Waals surface area contributed by atoms with Gasteiger partial charge in [0.15, 0.2) is 4.87 Å². The van der Waals surface area contributed by atoms with Crippen molar-refractivity contribution in [3.05, 3.63) is 47.9 Å². The van der Waals surface area contributed by atoms with Gasteiger partial charge in [-0.2, -0.15) is 0 Å². The molecule has 0 aliphatic carbocycles. The van der Waals surface area contributed by atoms with Crippen LogP contribution in [-0.2, 0) is 16.1 Å². The molecule has 2 aromatic rings. The van der Waals surface area contributed by atoms with Crippen molar-refractivity contribution in [2.45, 2.75) is 77.0 Å². The number of benzene rings is 1. The van der Waals surface area contributed by atoms with Crippen LogP contribution in [0.25, 0.3) is 11.3 Å². The Labute approximate surface area is 179 Å². The first kappa shape index (κ1) is 23.3. The Hall–Kier alpha value is -1.94. The highest BCUT2D eigenvalue weighted by molar-refractivity contribution is 6.33. The molecular weight excluding hydrogens is 384 g/mol. The van der Waals surface area contributed by atoms with Crippen molar-refractivity contribution in [1.82, 2.24) is 9.97 Å². The number of nitrogens with zero attached hydrogens (tertiary/aromatic N) is 2. The molecule has 1 aromatic carbocycles. The molecule has 0 bridgehead atoms. The average molecular weight is 417 g/mol. The molecule has 0 amide bonds. The van der Waals surface area contributed by atoms with E-state index in [1.807, 2.05) is 32.2 Å². The van der Waals surface area contributed by atoms with E-state index in [2.05, 4.69) is 16.9 Å². The van der Waals surface area contributed by atoms with Gasteiger partial charge in [0.1, 0.15) is 0 Å². The van der Waals surface area contributed by atoms with Gasteiger partial charge in [-0.3, -0.25) is 9.97 Å². The van der Waals surface area contributed by atoms with Gasteiger partial charge < -0.3 is 5.11 Å². The van der Waals surface area contributed by atoms with Gasteiger partial charge in [-0.1, -0.05) is 83.6 Å². The Morgan fingerprint density at radius 1 is 1.03 bits per heavy atom. The SMILES string of the molecule is CCCCCCCCc1cnc(-c2ccc(C(Cl)(C(=O)O)C(C)CC)cc2)cn1. The van der Waals surface area contributed by atoms with Crippen LogP contribution < -0.4 is 0 Å². The number of aliphatic carboxylic acids is 1. The highest BCUT2D eigenvalue weighted by Gasteiger charge is 2.42. The highest BCUT2D eigenvalue weighted by atomic mass is 35.5. The monoisotopic (exact) mass is 416 g/mol. The third-order valence-corrected chi connectivity index (χ3v) is 6.45. The first-order valence-electron chi connectivity index (χ1n) is 10.8. The summed E-state index contributed by atoms with van der Waals surface area (Å²) in [6.07, 6.45) is 12.9. The van der Waals surface area contributed by atoms with E-state index < -0.39 is 10.8 Å². The van der Waals surface area contributed by atoms with Crippen LogP contribution in [0.5, 0.6) is 0 Å². The number of carboxylic acid groups (broad SMARTS) is 1. The van der Waals surface area contributed by atoms with E-state index in [0.717, 1.165) is 29.8 Å². The highest BCUT2D eigenvalue weighted by Crippen LogP contribution is 2.39. The average Bonchev–Trinajstić information content (AvgIpc) is 2.75. The largest absolute Gasteiger partial charge is 0.480 e. The molecule has 29 heavy (non-hydrogen) atoms. The topological polar surface area (TPSA) is 63.1 Å². The van der Waals surface area contributed by atoms with Crippen LogP contribution in [0, 0.1) is 5.92 Å². The number of rotatable bonds is 12. The zero-order chi connectivity index (χ0) is 21.3. The smallest absolute Gasteiger partial charge is 0.329 e. The summed E-state index contributed by atoms with van der Waals surface area (Å²) in [5.41, 5.74) is 3.30. The maximum Gasteiger partial charge on any atom is 0.329 e. The van der Waals surface area contributed by atoms with Gasteiger partial charge in [-0.25, -0.2) is 4.79 Å². The minimum Gasteiger partial charge on any atom is -0.480 e. The number of aromatic nitrogens is 2. The summed E-state index contributed by atoms with van der Waals surface area (Å²) in [4.78, 5) is 19.5. The number of hydrogen-bond donors (Lipinski definition) is 1. The number of aryl methyl sites for hydroxylation is 1. The summed E-state index contributed by atoms with van der Waals surface area (Å²) < 4.78 is 0. The van der Waals surface area contributed by atoms with Crippen molar-refractivity contribution in [2.75, 3.05) is 0 Å². The van der Waals surface area contributed by atoms with Crippen LogP contribution in [0.1, 0.15) is 77.0 Å². The fourth-order valence-corrected chi connectivity index (χ4v) is 3.78. The Bertz CT molecular complexity index is 761. The molecule has 0 saturated heterocycles. The van der Waals surface area contributed by atoms with Crippen LogP contribution in [0.3, 0.4) is 0 Å². The van der Waals surface area contributed by atoms with Gasteiger partial charge in [0.25, 0.3) is 0 Å². The van der Waals surface area contributed by atoms with Crippen molar-refractivity contribution < 1.29 is 9.90 Å². The van der Waals surface area contributed by atoms with Crippen molar-refractivity contribution in [1.29, 1.82) is 0 Å². The van der Waals surface area contributed by atoms with Gasteiger partial charge in [-0.05, 0) is 24.3 Å². The Morgan fingerprint density at radius 2 is 1.69 bits per heavy atom. The zero-order valence-corrected chi connectivity index (χ0v) is 18.6. The second kappa shape index (κ2) is 11.3. The van der Waals surface area contributed by atoms with Gasteiger partial charge >= 0.3 is 5.97 Å². The van der Waals surface area contributed by atoms with Gasteiger partial charge in [-0.15, -0.1) is 11.6 Å². The lowest BCUT2D eigenvalue weighted by Crippen LogP contribution is -2.36. The predicted octanol–water partition coefficient (Wildman–Crippen LogP) is 6.61. The third kappa shape index (κ3) is 6.02. The van der Waals surface area contributed by atoms with Crippen LogP contribution in [0.15, 0.2) is 36.7 Å². The second-order valence-corrected chi connectivity index (χ2v) is 8.41. The summed E-state index contributed by atoms with van der Waals surface area (Å²) in [5.74, 6) is -1.20. The molecule has 1 N–H and O–H groups in total. The van der Waals surface area contributed by atoms with E-state index in [9.17, 15) is 9.90 Å². The number of carbonyl (C=O) groups is 1. The Balaban J connectivity index is 2.02. The molecule has 0 spiro atoms. The molecule has 0 aliphatic rings. The lowest BCUT2D eigenvalue weighted by molar-refractivity contribution is -0.142.